The zero-order valence-electron chi connectivity index (χ0n) is 10.4. The minimum atomic E-state index is -0.500. The summed E-state index contributed by atoms with van der Waals surface area (Å²) >= 11 is 0. The number of nitrogens with zero attached hydrogens (tertiary/aromatic N) is 1. The van der Waals surface area contributed by atoms with Crippen LogP contribution < -0.4 is 9.47 Å². The highest BCUT2D eigenvalue weighted by molar-refractivity contribution is 5.40. The molecule has 0 unspecified atom stereocenters. The van der Waals surface area contributed by atoms with Gasteiger partial charge in [0.2, 0.25) is 0 Å². The van der Waals surface area contributed by atoms with E-state index in [4.69, 9.17) is 14.7 Å². The van der Waals surface area contributed by atoms with Crippen molar-refractivity contribution >= 4 is 0 Å². The fourth-order valence-corrected chi connectivity index (χ4v) is 1.59. The Morgan fingerprint density at radius 3 is 2.37 bits per heavy atom. The van der Waals surface area contributed by atoms with Crippen LogP contribution in [-0.2, 0) is 0 Å². The van der Waals surface area contributed by atoms with Gasteiger partial charge in [-0.05, 0) is 43.3 Å². The molecule has 0 fully saturated rings. The summed E-state index contributed by atoms with van der Waals surface area (Å²) in [4.78, 5) is 0. The van der Waals surface area contributed by atoms with Crippen LogP contribution in [0.1, 0.15) is 12.5 Å². The Bertz CT molecular complexity index is 603. The van der Waals surface area contributed by atoms with E-state index in [1.165, 1.54) is 12.1 Å². The summed E-state index contributed by atoms with van der Waals surface area (Å²) in [5.74, 6) is 1.09. The molecule has 0 aliphatic rings. The van der Waals surface area contributed by atoms with Crippen LogP contribution in [0.2, 0.25) is 0 Å². The second kappa shape index (κ2) is 5.87. The average Bonchev–Trinajstić information content (AvgIpc) is 2.40. The van der Waals surface area contributed by atoms with Gasteiger partial charge < -0.3 is 9.47 Å². The number of rotatable bonds is 4. The molecule has 3 nitrogen and oxygen atoms in total. The summed E-state index contributed by atoms with van der Waals surface area (Å²) < 4.78 is 24.0. The lowest BCUT2D eigenvalue weighted by molar-refractivity contribution is 0.339. The van der Waals surface area contributed by atoms with Gasteiger partial charge in [-0.15, -0.1) is 0 Å². The van der Waals surface area contributed by atoms with Crippen molar-refractivity contribution in [2.75, 3.05) is 6.61 Å². The SMILES string of the molecule is CCOc1ccc(Oc2cc(F)cc(C#N)c2)cc1. The van der Waals surface area contributed by atoms with Gasteiger partial charge in [0.25, 0.3) is 0 Å². The maximum atomic E-state index is 13.2. The van der Waals surface area contributed by atoms with Gasteiger partial charge in [0, 0.05) is 6.07 Å². The monoisotopic (exact) mass is 257 g/mol. The van der Waals surface area contributed by atoms with Crippen LogP contribution >= 0.6 is 0 Å². The van der Waals surface area contributed by atoms with Gasteiger partial charge in [-0.2, -0.15) is 5.26 Å². The number of hydrogen-bond donors (Lipinski definition) is 0. The number of benzene rings is 2. The Balaban J connectivity index is 2.17. The molecule has 2 rings (SSSR count). The van der Waals surface area contributed by atoms with E-state index in [0.717, 1.165) is 11.8 Å². The Hall–Kier alpha value is -2.54. The Morgan fingerprint density at radius 2 is 1.74 bits per heavy atom. The van der Waals surface area contributed by atoms with Crippen molar-refractivity contribution in [1.82, 2.24) is 0 Å². The number of nitriles is 1. The summed E-state index contributed by atoms with van der Waals surface area (Å²) in [5.41, 5.74) is 0.223. The first kappa shape index (κ1) is 12.9. The lowest BCUT2D eigenvalue weighted by atomic mass is 10.2. The summed E-state index contributed by atoms with van der Waals surface area (Å²) in [7, 11) is 0. The number of ether oxygens (including phenoxy) is 2. The number of halogens is 1. The van der Waals surface area contributed by atoms with E-state index in [1.54, 1.807) is 24.3 Å². The third kappa shape index (κ3) is 3.46. The maximum Gasteiger partial charge on any atom is 0.131 e. The minimum Gasteiger partial charge on any atom is -0.494 e. The summed E-state index contributed by atoms with van der Waals surface area (Å²) in [6.45, 7) is 2.50. The van der Waals surface area contributed by atoms with Crippen LogP contribution in [0.3, 0.4) is 0 Å². The van der Waals surface area contributed by atoms with Crippen molar-refractivity contribution in [3.05, 3.63) is 53.8 Å². The summed E-state index contributed by atoms with van der Waals surface area (Å²) in [5, 5.41) is 8.76. The van der Waals surface area contributed by atoms with Crippen molar-refractivity contribution in [1.29, 1.82) is 5.26 Å². The molecule has 0 amide bonds. The third-order valence-corrected chi connectivity index (χ3v) is 2.37. The Labute approximate surface area is 110 Å². The largest absolute Gasteiger partial charge is 0.494 e. The first-order chi connectivity index (χ1) is 9.21. The molecule has 0 N–H and O–H groups in total. The lowest BCUT2D eigenvalue weighted by Gasteiger charge is -2.07. The molecule has 19 heavy (non-hydrogen) atoms. The molecule has 0 aliphatic heterocycles. The highest BCUT2D eigenvalue weighted by atomic mass is 19.1. The summed E-state index contributed by atoms with van der Waals surface area (Å²) in [6, 6.07) is 12.7. The molecular weight excluding hydrogens is 245 g/mol. The molecule has 2 aromatic carbocycles. The van der Waals surface area contributed by atoms with E-state index < -0.39 is 5.82 Å². The second-order valence-electron chi connectivity index (χ2n) is 3.79. The topological polar surface area (TPSA) is 42.2 Å². The second-order valence-corrected chi connectivity index (χ2v) is 3.79. The van der Waals surface area contributed by atoms with E-state index in [9.17, 15) is 4.39 Å². The zero-order chi connectivity index (χ0) is 13.7. The quantitative estimate of drug-likeness (QED) is 0.834. The van der Waals surface area contributed by atoms with E-state index in [1.807, 2.05) is 13.0 Å². The van der Waals surface area contributed by atoms with Gasteiger partial charge in [-0.25, -0.2) is 4.39 Å². The van der Waals surface area contributed by atoms with E-state index in [-0.39, 0.29) is 5.56 Å². The highest BCUT2D eigenvalue weighted by Crippen LogP contribution is 2.25. The van der Waals surface area contributed by atoms with Crippen molar-refractivity contribution in [2.45, 2.75) is 6.92 Å². The smallest absolute Gasteiger partial charge is 0.131 e. The normalized spacial score (nSPS) is 9.74. The molecule has 0 bridgehead atoms. The first-order valence-corrected chi connectivity index (χ1v) is 5.82. The first-order valence-electron chi connectivity index (χ1n) is 5.82. The van der Waals surface area contributed by atoms with Crippen molar-refractivity contribution < 1.29 is 13.9 Å². The van der Waals surface area contributed by atoms with Gasteiger partial charge in [-0.1, -0.05) is 0 Å². The fraction of sp³-hybridized carbons (Fsp3) is 0.133. The predicted molar refractivity (Wildman–Crippen MR) is 68.8 cm³/mol. The summed E-state index contributed by atoms with van der Waals surface area (Å²) in [6.07, 6.45) is 0. The standard InChI is InChI=1S/C15H12FNO2/c1-2-18-13-3-5-14(6-4-13)19-15-8-11(10-17)7-12(16)9-15/h3-9H,2H2,1H3. The van der Waals surface area contributed by atoms with Crippen LogP contribution in [0.25, 0.3) is 0 Å². The number of hydrogen-bond acceptors (Lipinski definition) is 3. The van der Waals surface area contributed by atoms with Crippen LogP contribution in [0.5, 0.6) is 17.2 Å². The molecule has 0 aliphatic carbocycles. The van der Waals surface area contributed by atoms with Crippen LogP contribution in [-0.4, -0.2) is 6.61 Å². The van der Waals surface area contributed by atoms with Crippen LogP contribution in [0.15, 0.2) is 42.5 Å². The van der Waals surface area contributed by atoms with Crippen molar-refractivity contribution in [3.8, 4) is 23.3 Å². The molecule has 0 saturated carbocycles. The molecule has 0 atom stereocenters. The Kier molecular flexibility index (Phi) is 3.99. The molecule has 2 aromatic rings. The average molecular weight is 257 g/mol. The van der Waals surface area contributed by atoms with E-state index in [0.29, 0.717) is 18.1 Å². The van der Waals surface area contributed by atoms with Crippen molar-refractivity contribution in [3.63, 3.8) is 0 Å². The zero-order valence-corrected chi connectivity index (χ0v) is 10.4. The molecule has 96 valence electrons. The Morgan fingerprint density at radius 1 is 1.05 bits per heavy atom. The van der Waals surface area contributed by atoms with E-state index >= 15 is 0 Å². The van der Waals surface area contributed by atoms with Crippen molar-refractivity contribution in [2.24, 2.45) is 0 Å². The molecule has 0 radical (unpaired) electrons. The van der Waals surface area contributed by atoms with Crippen LogP contribution in [0, 0.1) is 17.1 Å². The molecule has 0 spiro atoms. The minimum absolute atomic E-state index is 0.223. The predicted octanol–water partition coefficient (Wildman–Crippen LogP) is 3.89. The highest BCUT2D eigenvalue weighted by Gasteiger charge is 2.03. The fourth-order valence-electron chi connectivity index (χ4n) is 1.59. The van der Waals surface area contributed by atoms with Gasteiger partial charge in [-0.3, -0.25) is 0 Å². The molecule has 4 heteroatoms. The maximum absolute atomic E-state index is 13.2. The molecule has 0 saturated heterocycles. The van der Waals surface area contributed by atoms with Gasteiger partial charge >= 0.3 is 0 Å². The third-order valence-electron chi connectivity index (χ3n) is 2.37. The van der Waals surface area contributed by atoms with E-state index in [2.05, 4.69) is 0 Å². The lowest BCUT2D eigenvalue weighted by Crippen LogP contribution is -1.91. The van der Waals surface area contributed by atoms with Gasteiger partial charge in [0.1, 0.15) is 23.1 Å². The van der Waals surface area contributed by atoms with Gasteiger partial charge in [0.15, 0.2) is 0 Å². The molecule has 0 heterocycles. The molecular formula is C15H12FNO2. The van der Waals surface area contributed by atoms with Crippen LogP contribution in [0.4, 0.5) is 4.39 Å². The van der Waals surface area contributed by atoms with Gasteiger partial charge in [0.05, 0.1) is 18.2 Å². The molecule has 0 aromatic heterocycles.